The van der Waals surface area contributed by atoms with E-state index in [-0.39, 0.29) is 6.09 Å². The second-order valence-electron chi connectivity index (χ2n) is 4.92. The largest absolute Gasteiger partial charge is 0.450 e. The lowest BCUT2D eigenvalue weighted by Gasteiger charge is -2.31. The zero-order valence-electron chi connectivity index (χ0n) is 11.5. The molecule has 2 aromatic rings. The topological polar surface area (TPSA) is 60.2 Å². The molecule has 0 atom stereocenters. The van der Waals surface area contributed by atoms with Crippen molar-refractivity contribution >= 4 is 17.3 Å². The van der Waals surface area contributed by atoms with E-state index in [4.69, 9.17) is 4.74 Å². The van der Waals surface area contributed by atoms with Crippen molar-refractivity contribution in [1.82, 2.24) is 19.4 Å². The molecule has 1 aliphatic rings. The second-order valence-corrected chi connectivity index (χ2v) is 4.92. The fourth-order valence-electron chi connectivity index (χ4n) is 2.68. The van der Waals surface area contributed by atoms with Gasteiger partial charge in [0.1, 0.15) is 5.52 Å². The van der Waals surface area contributed by atoms with Crippen molar-refractivity contribution in [2.75, 3.05) is 19.7 Å². The van der Waals surface area contributed by atoms with Crippen molar-refractivity contribution in [1.29, 1.82) is 0 Å². The van der Waals surface area contributed by atoms with Crippen LogP contribution in [0.25, 0.3) is 11.2 Å². The van der Waals surface area contributed by atoms with Gasteiger partial charge in [0.2, 0.25) is 0 Å². The quantitative estimate of drug-likeness (QED) is 0.842. The van der Waals surface area contributed by atoms with Gasteiger partial charge in [-0.25, -0.2) is 14.8 Å². The molecule has 0 bridgehead atoms. The van der Waals surface area contributed by atoms with Crippen LogP contribution >= 0.6 is 0 Å². The van der Waals surface area contributed by atoms with Gasteiger partial charge in [0.15, 0.2) is 5.65 Å². The van der Waals surface area contributed by atoms with Crippen molar-refractivity contribution in [2.24, 2.45) is 0 Å². The Morgan fingerprint density at radius 2 is 2.20 bits per heavy atom. The summed E-state index contributed by atoms with van der Waals surface area (Å²) in [6, 6.07) is 4.20. The minimum absolute atomic E-state index is 0.209. The van der Waals surface area contributed by atoms with Gasteiger partial charge in [-0.15, -0.1) is 0 Å². The number of carbonyl (C=O) groups is 1. The van der Waals surface area contributed by atoms with Crippen molar-refractivity contribution in [3.8, 4) is 0 Å². The van der Waals surface area contributed by atoms with Gasteiger partial charge in [0, 0.05) is 25.3 Å². The third-order valence-corrected chi connectivity index (χ3v) is 3.72. The zero-order chi connectivity index (χ0) is 13.9. The maximum Gasteiger partial charge on any atom is 0.409 e. The van der Waals surface area contributed by atoms with E-state index >= 15 is 0 Å². The molecule has 0 aliphatic carbocycles. The van der Waals surface area contributed by atoms with Gasteiger partial charge in [0.25, 0.3) is 0 Å². The van der Waals surface area contributed by atoms with Crippen LogP contribution in [-0.4, -0.2) is 45.2 Å². The Kier molecular flexibility index (Phi) is 3.54. The normalized spacial score (nSPS) is 16.6. The van der Waals surface area contributed by atoms with Crippen molar-refractivity contribution in [3.63, 3.8) is 0 Å². The Hall–Kier alpha value is -2.11. The number of nitrogens with zero attached hydrogens (tertiary/aromatic N) is 4. The van der Waals surface area contributed by atoms with Crippen LogP contribution in [0.15, 0.2) is 24.7 Å². The molecule has 0 saturated carbocycles. The molecule has 6 nitrogen and oxygen atoms in total. The van der Waals surface area contributed by atoms with Crippen LogP contribution < -0.4 is 0 Å². The molecule has 0 radical (unpaired) electrons. The second kappa shape index (κ2) is 5.48. The van der Waals surface area contributed by atoms with Crippen LogP contribution in [0.1, 0.15) is 25.8 Å². The highest BCUT2D eigenvalue weighted by Crippen LogP contribution is 2.25. The molecule has 3 rings (SSSR count). The third kappa shape index (κ3) is 2.33. The molecule has 1 amide bonds. The Balaban J connectivity index is 1.70. The van der Waals surface area contributed by atoms with E-state index in [9.17, 15) is 4.79 Å². The fourth-order valence-corrected chi connectivity index (χ4v) is 2.68. The van der Waals surface area contributed by atoms with Crippen LogP contribution in [0.4, 0.5) is 4.79 Å². The first-order chi connectivity index (χ1) is 9.79. The summed E-state index contributed by atoms with van der Waals surface area (Å²) < 4.78 is 7.16. The summed E-state index contributed by atoms with van der Waals surface area (Å²) >= 11 is 0. The molecule has 6 heteroatoms. The van der Waals surface area contributed by atoms with Crippen molar-refractivity contribution < 1.29 is 9.53 Å². The number of ether oxygens (including phenoxy) is 1. The SMILES string of the molecule is CCOC(=O)N1CCC(n2cnc3cccnc32)CC1. The van der Waals surface area contributed by atoms with E-state index < -0.39 is 0 Å². The fraction of sp³-hybridized carbons (Fsp3) is 0.500. The Labute approximate surface area is 117 Å². The molecule has 0 spiro atoms. The van der Waals surface area contributed by atoms with Crippen LogP contribution in [0.2, 0.25) is 0 Å². The molecule has 3 heterocycles. The van der Waals surface area contributed by atoms with E-state index in [1.54, 1.807) is 11.1 Å². The molecule has 0 aromatic carbocycles. The molecule has 0 N–H and O–H groups in total. The van der Waals surface area contributed by atoms with Gasteiger partial charge in [-0.3, -0.25) is 0 Å². The van der Waals surface area contributed by atoms with E-state index in [1.807, 2.05) is 25.4 Å². The lowest BCUT2D eigenvalue weighted by Crippen LogP contribution is -2.39. The summed E-state index contributed by atoms with van der Waals surface area (Å²) in [5.41, 5.74) is 1.84. The highest BCUT2D eigenvalue weighted by atomic mass is 16.6. The number of rotatable bonds is 2. The standard InChI is InChI=1S/C14H18N4O2/c1-2-20-14(19)17-8-5-11(6-9-17)18-10-16-12-4-3-7-15-13(12)18/h3-4,7,10-11H,2,5-6,8-9H2,1H3. The number of amides is 1. The number of piperidine rings is 1. The van der Waals surface area contributed by atoms with Crippen LogP contribution in [0.3, 0.4) is 0 Å². The van der Waals surface area contributed by atoms with Crippen LogP contribution in [0.5, 0.6) is 0 Å². The monoisotopic (exact) mass is 274 g/mol. The van der Waals surface area contributed by atoms with E-state index in [2.05, 4.69) is 14.5 Å². The van der Waals surface area contributed by atoms with Gasteiger partial charge < -0.3 is 14.2 Å². The number of aromatic nitrogens is 3. The van der Waals surface area contributed by atoms with Crippen LogP contribution in [-0.2, 0) is 4.74 Å². The summed E-state index contributed by atoms with van der Waals surface area (Å²) in [7, 11) is 0. The first-order valence-corrected chi connectivity index (χ1v) is 6.99. The summed E-state index contributed by atoms with van der Waals surface area (Å²) in [6.07, 6.45) is 5.23. The van der Waals surface area contributed by atoms with Gasteiger partial charge in [0.05, 0.1) is 12.9 Å². The number of hydrogen-bond donors (Lipinski definition) is 0. The molecule has 2 aromatic heterocycles. The Morgan fingerprint density at radius 3 is 2.95 bits per heavy atom. The number of fused-ring (bicyclic) bond motifs is 1. The van der Waals surface area contributed by atoms with Crippen molar-refractivity contribution in [2.45, 2.75) is 25.8 Å². The Bertz CT molecular complexity index is 602. The molecule has 0 unspecified atom stereocenters. The predicted molar refractivity (Wildman–Crippen MR) is 74.4 cm³/mol. The van der Waals surface area contributed by atoms with Gasteiger partial charge >= 0.3 is 6.09 Å². The third-order valence-electron chi connectivity index (χ3n) is 3.72. The van der Waals surface area contributed by atoms with E-state index in [1.165, 1.54) is 0 Å². The van der Waals surface area contributed by atoms with Crippen molar-refractivity contribution in [3.05, 3.63) is 24.7 Å². The minimum atomic E-state index is -0.209. The molecule has 20 heavy (non-hydrogen) atoms. The lowest BCUT2D eigenvalue weighted by atomic mass is 10.1. The first-order valence-electron chi connectivity index (χ1n) is 6.99. The summed E-state index contributed by atoms with van der Waals surface area (Å²) in [6.45, 7) is 3.69. The molecule has 1 saturated heterocycles. The highest BCUT2D eigenvalue weighted by Gasteiger charge is 2.25. The lowest BCUT2D eigenvalue weighted by molar-refractivity contribution is 0.0930. The molecular weight excluding hydrogens is 256 g/mol. The Morgan fingerprint density at radius 1 is 1.40 bits per heavy atom. The van der Waals surface area contributed by atoms with E-state index in [0.29, 0.717) is 12.6 Å². The molecule has 1 fully saturated rings. The maximum absolute atomic E-state index is 11.7. The van der Waals surface area contributed by atoms with Crippen LogP contribution in [0, 0.1) is 0 Å². The minimum Gasteiger partial charge on any atom is -0.450 e. The number of imidazole rings is 1. The summed E-state index contributed by atoms with van der Waals surface area (Å²) in [5, 5.41) is 0. The molecule has 106 valence electrons. The molecular formula is C14H18N4O2. The highest BCUT2D eigenvalue weighted by molar-refractivity contribution is 5.70. The number of likely N-dealkylation sites (tertiary alicyclic amines) is 1. The summed E-state index contributed by atoms with van der Waals surface area (Å²) in [4.78, 5) is 22.2. The smallest absolute Gasteiger partial charge is 0.409 e. The van der Waals surface area contributed by atoms with Gasteiger partial charge in [-0.05, 0) is 31.9 Å². The van der Waals surface area contributed by atoms with E-state index in [0.717, 1.165) is 37.1 Å². The number of hydrogen-bond acceptors (Lipinski definition) is 4. The van der Waals surface area contributed by atoms with Gasteiger partial charge in [-0.2, -0.15) is 0 Å². The summed E-state index contributed by atoms with van der Waals surface area (Å²) in [5.74, 6) is 0. The number of carbonyl (C=O) groups excluding carboxylic acids is 1. The first kappa shape index (κ1) is 12.9. The van der Waals surface area contributed by atoms with Gasteiger partial charge in [-0.1, -0.05) is 0 Å². The zero-order valence-corrected chi connectivity index (χ0v) is 11.5. The molecule has 1 aliphatic heterocycles. The average Bonchev–Trinajstić information content (AvgIpc) is 2.92. The average molecular weight is 274 g/mol. The number of pyridine rings is 1. The predicted octanol–water partition coefficient (Wildman–Crippen LogP) is 2.22. The maximum atomic E-state index is 11.7.